The summed E-state index contributed by atoms with van der Waals surface area (Å²) in [5.41, 5.74) is 2.69. The first kappa shape index (κ1) is 18.9. The van der Waals surface area contributed by atoms with Crippen LogP contribution in [0.4, 0.5) is 5.82 Å². The molecular formula is C21H25N5O. The number of carbonyl (C=O) groups is 1. The molecule has 1 fully saturated rings. The van der Waals surface area contributed by atoms with E-state index in [1.807, 2.05) is 30.5 Å². The van der Waals surface area contributed by atoms with E-state index in [0.717, 1.165) is 43.1 Å². The van der Waals surface area contributed by atoms with Gasteiger partial charge in [0.1, 0.15) is 5.82 Å². The zero-order valence-electron chi connectivity index (χ0n) is 15.7. The number of benzene rings is 1. The molecule has 0 saturated carbocycles. The molecule has 1 aliphatic heterocycles. The Labute approximate surface area is 160 Å². The van der Waals surface area contributed by atoms with Gasteiger partial charge in [0.2, 0.25) is 5.91 Å². The fourth-order valence-corrected chi connectivity index (χ4v) is 3.04. The Kier molecular flexibility index (Phi) is 6.39. The number of rotatable bonds is 6. The van der Waals surface area contributed by atoms with Gasteiger partial charge < -0.3 is 15.1 Å². The highest BCUT2D eigenvalue weighted by molar-refractivity contribution is 5.76. The van der Waals surface area contributed by atoms with Gasteiger partial charge in [-0.3, -0.25) is 4.79 Å². The van der Waals surface area contributed by atoms with E-state index >= 15 is 0 Å². The molecule has 2 aromatic rings. The fraction of sp³-hybridized carbons (Fsp3) is 0.381. The zero-order chi connectivity index (χ0) is 19.1. The second-order valence-corrected chi connectivity index (χ2v) is 6.90. The number of aromatic nitrogens is 1. The van der Waals surface area contributed by atoms with Crippen LogP contribution < -0.4 is 10.2 Å². The molecular weight excluding hydrogens is 338 g/mol. The molecule has 0 unspecified atom stereocenters. The van der Waals surface area contributed by atoms with Gasteiger partial charge in [0.15, 0.2) is 0 Å². The predicted molar refractivity (Wildman–Crippen MR) is 105 cm³/mol. The van der Waals surface area contributed by atoms with E-state index in [1.165, 1.54) is 0 Å². The fourth-order valence-electron chi connectivity index (χ4n) is 3.04. The van der Waals surface area contributed by atoms with Crippen molar-refractivity contribution >= 4 is 11.7 Å². The van der Waals surface area contributed by atoms with E-state index in [4.69, 9.17) is 5.26 Å². The van der Waals surface area contributed by atoms with Crippen LogP contribution in [0.3, 0.4) is 0 Å². The zero-order valence-corrected chi connectivity index (χ0v) is 15.7. The highest BCUT2D eigenvalue weighted by Crippen LogP contribution is 2.13. The van der Waals surface area contributed by atoms with Crippen molar-refractivity contribution in [3.05, 3.63) is 59.3 Å². The van der Waals surface area contributed by atoms with Gasteiger partial charge in [-0.05, 0) is 42.8 Å². The van der Waals surface area contributed by atoms with E-state index in [0.29, 0.717) is 24.9 Å². The summed E-state index contributed by atoms with van der Waals surface area (Å²) in [5, 5.41) is 11.7. The molecule has 0 aliphatic carbocycles. The summed E-state index contributed by atoms with van der Waals surface area (Å²) in [6, 6.07) is 13.5. The number of anilines is 1. The number of piperazine rings is 1. The number of aryl methyl sites for hydroxylation is 1. The third kappa shape index (κ3) is 5.53. The molecule has 1 aromatic carbocycles. The molecule has 1 aromatic heterocycles. The van der Waals surface area contributed by atoms with E-state index in [9.17, 15) is 4.79 Å². The maximum absolute atomic E-state index is 12.1. The van der Waals surface area contributed by atoms with Crippen LogP contribution in [-0.4, -0.2) is 49.0 Å². The molecule has 0 bridgehead atoms. The van der Waals surface area contributed by atoms with Crippen LogP contribution in [0.1, 0.15) is 23.1 Å². The van der Waals surface area contributed by atoms with Crippen LogP contribution in [0.25, 0.3) is 0 Å². The van der Waals surface area contributed by atoms with E-state index in [2.05, 4.69) is 33.2 Å². The average molecular weight is 363 g/mol. The number of nitriles is 1. The van der Waals surface area contributed by atoms with Crippen molar-refractivity contribution in [3.63, 3.8) is 0 Å². The largest absolute Gasteiger partial charge is 0.354 e. The Balaban J connectivity index is 1.42. The molecule has 2 heterocycles. The van der Waals surface area contributed by atoms with Crippen molar-refractivity contribution in [1.29, 1.82) is 5.26 Å². The Morgan fingerprint density at radius 1 is 1.11 bits per heavy atom. The molecule has 0 atom stereocenters. The molecule has 1 saturated heterocycles. The minimum Gasteiger partial charge on any atom is -0.354 e. The molecule has 140 valence electrons. The lowest BCUT2D eigenvalue weighted by Gasteiger charge is -2.33. The van der Waals surface area contributed by atoms with Crippen molar-refractivity contribution in [2.24, 2.45) is 0 Å². The summed E-state index contributed by atoms with van der Waals surface area (Å²) in [6.45, 7) is 4.59. The standard InChI is InChI=1S/C21H25N5O/c1-25-10-12-26(13-11-25)20-8-6-19(15-23-20)16-24-21(27)9-7-17-2-4-18(14-22)5-3-17/h2-6,8,15H,7,9-13,16H2,1H3,(H,24,27). The molecule has 27 heavy (non-hydrogen) atoms. The van der Waals surface area contributed by atoms with Crippen LogP contribution in [0.5, 0.6) is 0 Å². The first-order valence-electron chi connectivity index (χ1n) is 9.28. The van der Waals surface area contributed by atoms with Crippen LogP contribution in [0, 0.1) is 11.3 Å². The molecule has 6 nitrogen and oxygen atoms in total. The predicted octanol–water partition coefficient (Wildman–Crippen LogP) is 1.95. The number of pyridine rings is 1. The number of nitrogens with one attached hydrogen (secondary N) is 1. The smallest absolute Gasteiger partial charge is 0.220 e. The molecule has 6 heteroatoms. The summed E-state index contributed by atoms with van der Waals surface area (Å²) in [4.78, 5) is 21.2. The summed E-state index contributed by atoms with van der Waals surface area (Å²) >= 11 is 0. The second kappa shape index (κ2) is 9.15. The van der Waals surface area contributed by atoms with Crippen LogP contribution in [0.15, 0.2) is 42.6 Å². The molecule has 1 amide bonds. The number of carbonyl (C=O) groups excluding carboxylic acids is 1. The van der Waals surface area contributed by atoms with Gasteiger partial charge in [-0.25, -0.2) is 4.98 Å². The van der Waals surface area contributed by atoms with Gasteiger partial charge in [-0.1, -0.05) is 18.2 Å². The topological polar surface area (TPSA) is 72.3 Å². The van der Waals surface area contributed by atoms with E-state index in [1.54, 1.807) is 12.1 Å². The third-order valence-electron chi connectivity index (χ3n) is 4.85. The average Bonchev–Trinajstić information content (AvgIpc) is 2.72. The van der Waals surface area contributed by atoms with Gasteiger partial charge in [-0.15, -0.1) is 0 Å². The van der Waals surface area contributed by atoms with E-state index in [-0.39, 0.29) is 5.91 Å². The van der Waals surface area contributed by atoms with Crippen molar-refractivity contribution in [3.8, 4) is 6.07 Å². The molecule has 0 radical (unpaired) electrons. The van der Waals surface area contributed by atoms with Crippen molar-refractivity contribution in [2.45, 2.75) is 19.4 Å². The third-order valence-corrected chi connectivity index (χ3v) is 4.85. The summed E-state index contributed by atoms with van der Waals surface area (Å²) in [7, 11) is 2.14. The Hall–Kier alpha value is -2.91. The number of amides is 1. The monoisotopic (exact) mass is 363 g/mol. The first-order chi connectivity index (χ1) is 13.1. The van der Waals surface area contributed by atoms with Gasteiger partial charge in [0.25, 0.3) is 0 Å². The highest BCUT2D eigenvalue weighted by atomic mass is 16.1. The quantitative estimate of drug-likeness (QED) is 0.849. The van der Waals surface area contributed by atoms with Crippen molar-refractivity contribution in [1.82, 2.24) is 15.2 Å². The minimum atomic E-state index is 0.0162. The second-order valence-electron chi connectivity index (χ2n) is 6.90. The van der Waals surface area contributed by atoms with Gasteiger partial charge in [0, 0.05) is 45.3 Å². The molecule has 1 N–H and O–H groups in total. The van der Waals surface area contributed by atoms with Crippen molar-refractivity contribution in [2.75, 3.05) is 38.1 Å². The number of hydrogen-bond donors (Lipinski definition) is 1. The molecule has 1 aliphatic rings. The Morgan fingerprint density at radius 2 is 1.81 bits per heavy atom. The lowest BCUT2D eigenvalue weighted by Crippen LogP contribution is -2.44. The number of nitrogens with zero attached hydrogens (tertiary/aromatic N) is 4. The van der Waals surface area contributed by atoms with Crippen LogP contribution in [-0.2, 0) is 17.8 Å². The van der Waals surface area contributed by atoms with Gasteiger partial charge >= 0.3 is 0 Å². The summed E-state index contributed by atoms with van der Waals surface area (Å²) < 4.78 is 0. The SMILES string of the molecule is CN1CCN(c2ccc(CNC(=O)CCc3ccc(C#N)cc3)cn2)CC1. The maximum atomic E-state index is 12.1. The lowest BCUT2D eigenvalue weighted by molar-refractivity contribution is -0.121. The Morgan fingerprint density at radius 3 is 2.44 bits per heavy atom. The first-order valence-corrected chi connectivity index (χ1v) is 9.28. The van der Waals surface area contributed by atoms with Gasteiger partial charge in [0.05, 0.1) is 11.6 Å². The highest BCUT2D eigenvalue weighted by Gasteiger charge is 2.15. The molecule has 0 spiro atoms. The molecule has 3 rings (SSSR count). The van der Waals surface area contributed by atoms with E-state index < -0.39 is 0 Å². The van der Waals surface area contributed by atoms with Crippen LogP contribution in [0.2, 0.25) is 0 Å². The summed E-state index contributed by atoms with van der Waals surface area (Å²) in [6.07, 6.45) is 2.94. The van der Waals surface area contributed by atoms with Gasteiger partial charge in [-0.2, -0.15) is 5.26 Å². The minimum absolute atomic E-state index is 0.0162. The normalized spacial score (nSPS) is 14.6. The van der Waals surface area contributed by atoms with Crippen LogP contribution >= 0.6 is 0 Å². The van der Waals surface area contributed by atoms with Crippen molar-refractivity contribution < 1.29 is 4.79 Å². The summed E-state index contributed by atoms with van der Waals surface area (Å²) in [5.74, 6) is 1.02. The number of likely N-dealkylation sites (N-methyl/N-ethyl adjacent to an activating group) is 1. The lowest BCUT2D eigenvalue weighted by atomic mass is 10.1. The maximum Gasteiger partial charge on any atom is 0.220 e. The Bertz CT molecular complexity index is 787. The number of hydrogen-bond acceptors (Lipinski definition) is 5.